The summed E-state index contributed by atoms with van der Waals surface area (Å²) in [5.74, 6) is -1.55. The summed E-state index contributed by atoms with van der Waals surface area (Å²) in [7, 11) is -3.71. The van der Waals surface area contributed by atoms with Crippen LogP contribution in [0.15, 0.2) is 77.8 Å². The molecule has 2 heterocycles. The Balaban J connectivity index is 1.47. The molecule has 3 aromatic rings. The summed E-state index contributed by atoms with van der Waals surface area (Å²) < 4.78 is 45.6. The van der Waals surface area contributed by atoms with E-state index in [9.17, 15) is 22.4 Å². The summed E-state index contributed by atoms with van der Waals surface area (Å²) in [6.07, 6.45) is 1.69. The predicted octanol–water partition coefficient (Wildman–Crippen LogP) is 1.88. The summed E-state index contributed by atoms with van der Waals surface area (Å²) in [4.78, 5) is 30.0. The monoisotopic (exact) mass is 498 g/mol. The molecule has 1 saturated heterocycles. The Hall–Kier alpha value is -3.67. The number of hydrogen-bond donors (Lipinski definition) is 3. The Morgan fingerprint density at radius 1 is 1.03 bits per heavy atom. The van der Waals surface area contributed by atoms with Gasteiger partial charge >= 0.3 is 0 Å². The second-order valence-electron chi connectivity index (χ2n) is 7.93. The van der Waals surface area contributed by atoms with E-state index < -0.39 is 33.7 Å². The molecule has 1 aliphatic heterocycles. The van der Waals surface area contributed by atoms with Gasteiger partial charge in [0.2, 0.25) is 15.9 Å². The van der Waals surface area contributed by atoms with Gasteiger partial charge in [0.25, 0.3) is 5.91 Å². The molecule has 3 N–H and O–H groups in total. The highest BCUT2D eigenvalue weighted by Crippen LogP contribution is 2.16. The van der Waals surface area contributed by atoms with Crippen LogP contribution in [0.4, 0.5) is 10.1 Å². The van der Waals surface area contributed by atoms with Gasteiger partial charge < -0.3 is 15.4 Å². The van der Waals surface area contributed by atoms with E-state index in [0.29, 0.717) is 24.6 Å². The number of nitrogens with one attached hydrogen (secondary N) is 3. The number of halogens is 1. The van der Waals surface area contributed by atoms with Crippen LogP contribution < -0.4 is 15.4 Å². The number of ether oxygens (including phenoxy) is 1. The maximum atomic E-state index is 13.2. The van der Waals surface area contributed by atoms with E-state index >= 15 is 0 Å². The molecule has 1 fully saturated rings. The van der Waals surface area contributed by atoms with Gasteiger partial charge in [-0.3, -0.25) is 14.6 Å². The van der Waals surface area contributed by atoms with E-state index in [-0.39, 0.29) is 22.9 Å². The highest BCUT2D eigenvalue weighted by molar-refractivity contribution is 7.89. The first-order valence-corrected chi connectivity index (χ1v) is 12.3. The van der Waals surface area contributed by atoms with Crippen molar-refractivity contribution in [3.63, 3.8) is 0 Å². The molecule has 2 amide bonds. The van der Waals surface area contributed by atoms with Crippen LogP contribution in [0.25, 0.3) is 0 Å². The third-order valence-corrected chi connectivity index (χ3v) is 6.80. The molecule has 4 rings (SSSR count). The van der Waals surface area contributed by atoms with E-state index in [1.54, 1.807) is 24.4 Å². The molecule has 0 spiro atoms. The number of aromatic nitrogens is 1. The first-order valence-electron chi connectivity index (χ1n) is 10.8. The van der Waals surface area contributed by atoms with Crippen LogP contribution in [0.2, 0.25) is 0 Å². The number of carbonyl (C=O) groups excluding carboxylic acids is 2. The molecule has 0 unspecified atom stereocenters. The van der Waals surface area contributed by atoms with Crippen molar-refractivity contribution < 1.29 is 27.1 Å². The lowest BCUT2D eigenvalue weighted by molar-refractivity contribution is -0.118. The second-order valence-corrected chi connectivity index (χ2v) is 9.64. The molecule has 35 heavy (non-hydrogen) atoms. The Morgan fingerprint density at radius 3 is 2.34 bits per heavy atom. The number of carbonyl (C=O) groups is 2. The third-order valence-electron chi connectivity index (χ3n) is 5.26. The number of sulfonamides is 1. The zero-order valence-corrected chi connectivity index (χ0v) is 19.3. The molecule has 0 radical (unpaired) electrons. The fraction of sp³-hybridized carbons (Fsp3) is 0.208. The number of rotatable bonds is 9. The maximum Gasteiger partial charge on any atom is 0.251 e. The molecule has 9 nitrogen and oxygen atoms in total. The summed E-state index contributed by atoms with van der Waals surface area (Å²) in [5, 5.41) is 5.35. The molecule has 0 saturated carbocycles. The van der Waals surface area contributed by atoms with Gasteiger partial charge in [0.15, 0.2) is 0 Å². The molecule has 1 aliphatic rings. The number of benzene rings is 2. The lowest BCUT2D eigenvalue weighted by Gasteiger charge is -2.26. The SMILES string of the molecule is O=C(N[C@@H](Cc1ccccn1)C(=O)Nc1ccc(S(=O)(=O)NC2COC2)cc1)c1ccc(F)cc1. The van der Waals surface area contributed by atoms with Gasteiger partial charge in [0.05, 0.1) is 24.2 Å². The minimum Gasteiger partial charge on any atom is -0.378 e. The first kappa shape index (κ1) is 24.5. The quantitative estimate of drug-likeness (QED) is 0.414. The lowest BCUT2D eigenvalue weighted by atomic mass is 10.1. The van der Waals surface area contributed by atoms with Crippen LogP contribution in [-0.2, 0) is 26.0 Å². The van der Waals surface area contributed by atoms with Crippen molar-refractivity contribution in [2.45, 2.75) is 23.4 Å². The van der Waals surface area contributed by atoms with Crippen molar-refractivity contribution in [1.82, 2.24) is 15.0 Å². The fourth-order valence-electron chi connectivity index (χ4n) is 3.32. The smallest absolute Gasteiger partial charge is 0.251 e. The maximum absolute atomic E-state index is 13.2. The molecular weight excluding hydrogens is 475 g/mol. The van der Waals surface area contributed by atoms with Gasteiger partial charge in [0, 0.05) is 29.6 Å². The molecule has 2 aromatic carbocycles. The summed E-state index contributed by atoms with van der Waals surface area (Å²) in [6, 6.07) is 14.6. The van der Waals surface area contributed by atoms with Crippen molar-refractivity contribution in [1.29, 1.82) is 0 Å². The van der Waals surface area contributed by atoms with Crippen LogP contribution in [0.3, 0.4) is 0 Å². The molecule has 11 heteroatoms. The van der Waals surface area contributed by atoms with Crippen LogP contribution in [0.5, 0.6) is 0 Å². The Labute approximate surface area is 201 Å². The highest BCUT2D eigenvalue weighted by atomic mass is 32.2. The first-order chi connectivity index (χ1) is 16.8. The normalized spacial score (nSPS) is 14.5. The third kappa shape index (κ3) is 6.47. The molecule has 1 atom stereocenters. The van der Waals surface area contributed by atoms with Crippen LogP contribution in [0.1, 0.15) is 16.1 Å². The van der Waals surface area contributed by atoms with E-state index in [2.05, 4.69) is 20.3 Å². The van der Waals surface area contributed by atoms with Crippen LogP contribution in [-0.4, -0.2) is 50.5 Å². The summed E-state index contributed by atoms with van der Waals surface area (Å²) in [6.45, 7) is 0.656. The molecular formula is C24H23FN4O5S. The van der Waals surface area contributed by atoms with E-state index in [4.69, 9.17) is 4.74 Å². The fourth-order valence-corrected chi connectivity index (χ4v) is 4.52. The molecule has 0 bridgehead atoms. The minimum atomic E-state index is -3.71. The van der Waals surface area contributed by atoms with Crippen molar-refractivity contribution in [2.75, 3.05) is 18.5 Å². The van der Waals surface area contributed by atoms with E-state index in [1.807, 2.05) is 0 Å². The second kappa shape index (κ2) is 10.7. The molecule has 0 aliphatic carbocycles. The Morgan fingerprint density at radius 2 is 1.74 bits per heavy atom. The van der Waals surface area contributed by atoms with Crippen molar-refractivity contribution in [3.05, 3.63) is 90.0 Å². The average molecular weight is 499 g/mol. The Bertz CT molecular complexity index is 1280. The highest BCUT2D eigenvalue weighted by Gasteiger charge is 2.26. The minimum absolute atomic E-state index is 0.0528. The van der Waals surface area contributed by atoms with Crippen molar-refractivity contribution in [3.8, 4) is 0 Å². The van der Waals surface area contributed by atoms with Gasteiger partial charge in [-0.2, -0.15) is 0 Å². The average Bonchev–Trinajstić information content (AvgIpc) is 2.82. The lowest BCUT2D eigenvalue weighted by Crippen LogP contribution is -2.48. The van der Waals surface area contributed by atoms with Crippen LogP contribution in [0, 0.1) is 5.82 Å². The zero-order valence-electron chi connectivity index (χ0n) is 18.5. The summed E-state index contributed by atoms with van der Waals surface area (Å²) in [5.41, 5.74) is 1.13. The van der Waals surface area contributed by atoms with Crippen LogP contribution >= 0.6 is 0 Å². The van der Waals surface area contributed by atoms with Crippen molar-refractivity contribution >= 4 is 27.5 Å². The number of anilines is 1. The van der Waals surface area contributed by atoms with Gasteiger partial charge in [0.1, 0.15) is 11.9 Å². The summed E-state index contributed by atoms with van der Waals surface area (Å²) >= 11 is 0. The van der Waals surface area contributed by atoms with Gasteiger partial charge in [-0.1, -0.05) is 6.07 Å². The van der Waals surface area contributed by atoms with E-state index in [0.717, 1.165) is 12.1 Å². The largest absolute Gasteiger partial charge is 0.378 e. The number of nitrogens with zero attached hydrogens (tertiary/aromatic N) is 1. The predicted molar refractivity (Wildman–Crippen MR) is 126 cm³/mol. The zero-order chi connectivity index (χ0) is 24.8. The molecule has 1 aromatic heterocycles. The van der Waals surface area contributed by atoms with Gasteiger partial charge in [-0.15, -0.1) is 0 Å². The Kier molecular flexibility index (Phi) is 7.49. The van der Waals surface area contributed by atoms with Gasteiger partial charge in [-0.05, 0) is 60.7 Å². The number of pyridine rings is 1. The van der Waals surface area contributed by atoms with Crippen molar-refractivity contribution in [2.24, 2.45) is 0 Å². The number of hydrogen-bond acceptors (Lipinski definition) is 6. The topological polar surface area (TPSA) is 126 Å². The standard InChI is InChI=1S/C24H23FN4O5S/c25-17-6-4-16(5-7-17)23(30)28-22(13-19-3-1-2-12-26-19)24(31)27-18-8-10-21(11-9-18)35(32,33)29-20-14-34-15-20/h1-12,20,22,29H,13-15H2,(H,27,31)(H,28,30)/t22-/m0/s1. The van der Waals surface area contributed by atoms with E-state index in [1.165, 1.54) is 36.4 Å². The number of amides is 2. The molecule has 182 valence electrons. The van der Waals surface area contributed by atoms with Gasteiger partial charge in [-0.25, -0.2) is 17.5 Å².